The van der Waals surface area contributed by atoms with Crippen molar-refractivity contribution in [2.24, 2.45) is 0 Å². The second-order valence-corrected chi connectivity index (χ2v) is 4.50. The normalized spacial score (nSPS) is 12.5. The van der Waals surface area contributed by atoms with Crippen LogP contribution in [0.5, 0.6) is 0 Å². The predicted octanol–water partition coefficient (Wildman–Crippen LogP) is 3.12. The zero-order valence-corrected chi connectivity index (χ0v) is 11.2. The second-order valence-electron chi connectivity index (χ2n) is 4.50. The van der Waals surface area contributed by atoms with Gasteiger partial charge in [-0.25, -0.2) is 4.79 Å². The Kier molecular flexibility index (Phi) is 5.52. The van der Waals surface area contributed by atoms with Crippen LogP contribution in [0.2, 0.25) is 0 Å². The molecule has 0 fully saturated rings. The van der Waals surface area contributed by atoms with Crippen LogP contribution in [-0.4, -0.2) is 22.8 Å². The molecule has 102 valence electrons. The van der Waals surface area contributed by atoms with Crippen molar-refractivity contribution in [1.29, 1.82) is 0 Å². The Labute approximate surface area is 114 Å². The van der Waals surface area contributed by atoms with Gasteiger partial charge in [-0.3, -0.25) is 0 Å². The molecule has 0 aliphatic carbocycles. The second kappa shape index (κ2) is 6.90. The Balaban J connectivity index is 2.76. The number of esters is 1. The third kappa shape index (κ3) is 4.07. The molecule has 0 spiro atoms. The van der Waals surface area contributed by atoms with Crippen molar-refractivity contribution in [3.05, 3.63) is 61.2 Å². The van der Waals surface area contributed by atoms with Crippen LogP contribution in [0.1, 0.15) is 30.1 Å². The number of carbonyl (C=O) groups excluding carboxylic acids is 1. The molecule has 0 radical (unpaired) electrons. The fraction of sp³-hybridized carbons (Fsp3) is 0.312. The van der Waals surface area contributed by atoms with Gasteiger partial charge in [0.25, 0.3) is 0 Å². The van der Waals surface area contributed by atoms with Gasteiger partial charge in [-0.1, -0.05) is 30.4 Å². The molecule has 0 aliphatic heterocycles. The van der Waals surface area contributed by atoms with Gasteiger partial charge in [0.15, 0.2) is 0 Å². The predicted molar refractivity (Wildman–Crippen MR) is 75.9 cm³/mol. The van der Waals surface area contributed by atoms with Gasteiger partial charge in [-0.2, -0.15) is 0 Å². The van der Waals surface area contributed by atoms with Crippen molar-refractivity contribution >= 4 is 5.97 Å². The van der Waals surface area contributed by atoms with E-state index in [1.807, 2.05) is 6.07 Å². The maximum atomic E-state index is 11.9. The molecule has 0 heterocycles. The number of benzene rings is 1. The zero-order chi connectivity index (χ0) is 14.3. The molecule has 1 unspecified atom stereocenters. The number of ether oxygens (including phenoxy) is 1. The first-order chi connectivity index (χ1) is 9.03. The summed E-state index contributed by atoms with van der Waals surface area (Å²) in [4.78, 5) is 11.9. The molecule has 1 rings (SSSR count). The Morgan fingerprint density at radius 2 is 1.84 bits per heavy atom. The minimum absolute atomic E-state index is 0.336. The van der Waals surface area contributed by atoms with Gasteiger partial charge in [-0.05, 0) is 31.9 Å². The Hall–Kier alpha value is -1.87. The third-order valence-electron chi connectivity index (χ3n) is 3.05. The highest BCUT2D eigenvalue weighted by Crippen LogP contribution is 2.24. The highest BCUT2D eigenvalue weighted by Gasteiger charge is 2.34. The molecule has 0 bridgehead atoms. The fourth-order valence-electron chi connectivity index (χ4n) is 1.83. The van der Waals surface area contributed by atoms with E-state index in [9.17, 15) is 9.90 Å². The molecule has 0 saturated heterocycles. The Morgan fingerprint density at radius 3 is 2.32 bits per heavy atom. The molecule has 3 nitrogen and oxygen atoms in total. The largest absolute Gasteiger partial charge is 0.456 e. The summed E-state index contributed by atoms with van der Waals surface area (Å²) in [5, 5.41) is 10.5. The van der Waals surface area contributed by atoms with Crippen LogP contribution in [0.4, 0.5) is 0 Å². The average Bonchev–Trinajstić information content (AvgIpc) is 2.40. The lowest BCUT2D eigenvalue weighted by Crippen LogP contribution is -2.42. The van der Waals surface area contributed by atoms with Crippen molar-refractivity contribution in [1.82, 2.24) is 0 Å². The highest BCUT2D eigenvalue weighted by atomic mass is 16.6. The average molecular weight is 260 g/mol. The van der Waals surface area contributed by atoms with Gasteiger partial charge >= 0.3 is 5.97 Å². The summed E-state index contributed by atoms with van der Waals surface area (Å²) >= 11 is 0. The van der Waals surface area contributed by atoms with Gasteiger partial charge in [0.05, 0.1) is 5.56 Å². The topological polar surface area (TPSA) is 46.5 Å². The maximum Gasteiger partial charge on any atom is 0.338 e. The van der Waals surface area contributed by atoms with Crippen molar-refractivity contribution in [3.8, 4) is 0 Å². The molecule has 19 heavy (non-hydrogen) atoms. The molecule has 0 aromatic heterocycles. The van der Waals surface area contributed by atoms with E-state index in [-0.39, 0.29) is 0 Å². The van der Waals surface area contributed by atoms with E-state index in [4.69, 9.17) is 4.74 Å². The minimum atomic E-state index is -1.16. The van der Waals surface area contributed by atoms with Crippen LogP contribution in [0, 0.1) is 0 Å². The fourth-order valence-corrected chi connectivity index (χ4v) is 1.83. The van der Waals surface area contributed by atoms with Crippen molar-refractivity contribution in [3.63, 3.8) is 0 Å². The zero-order valence-electron chi connectivity index (χ0n) is 11.2. The molecule has 1 aromatic rings. The summed E-state index contributed by atoms with van der Waals surface area (Å²) in [5.74, 6) is -0.445. The standard InChI is InChI=1S/C16H20O3/c1-4-11-16(18,12-5-2)13(3)19-15(17)14-9-7-6-8-10-14/h4-10,13,18H,1-2,11-12H2,3H3. The van der Waals surface area contributed by atoms with Crippen LogP contribution < -0.4 is 0 Å². The lowest BCUT2D eigenvalue weighted by atomic mass is 9.90. The van der Waals surface area contributed by atoms with E-state index in [0.717, 1.165) is 0 Å². The molecule has 0 aliphatic rings. The Morgan fingerprint density at radius 1 is 1.32 bits per heavy atom. The molecule has 1 aromatic carbocycles. The lowest BCUT2D eigenvalue weighted by Gasteiger charge is -2.31. The van der Waals surface area contributed by atoms with Crippen LogP contribution in [0.15, 0.2) is 55.6 Å². The van der Waals surface area contributed by atoms with Gasteiger partial charge in [0.2, 0.25) is 0 Å². The first-order valence-electron chi connectivity index (χ1n) is 6.23. The number of hydrogen-bond acceptors (Lipinski definition) is 3. The van der Waals surface area contributed by atoms with Crippen molar-refractivity contribution < 1.29 is 14.6 Å². The van der Waals surface area contributed by atoms with E-state index in [1.165, 1.54) is 0 Å². The molecule has 0 amide bonds. The van der Waals surface area contributed by atoms with E-state index in [1.54, 1.807) is 43.3 Å². The summed E-state index contributed by atoms with van der Waals surface area (Å²) in [7, 11) is 0. The lowest BCUT2D eigenvalue weighted by molar-refractivity contribution is -0.0741. The van der Waals surface area contributed by atoms with Crippen molar-refractivity contribution in [2.45, 2.75) is 31.5 Å². The first-order valence-corrected chi connectivity index (χ1v) is 6.23. The highest BCUT2D eigenvalue weighted by molar-refractivity contribution is 5.89. The van der Waals surface area contributed by atoms with E-state index in [2.05, 4.69) is 13.2 Å². The number of aliphatic hydroxyl groups is 1. The van der Waals surface area contributed by atoms with Gasteiger partial charge in [-0.15, -0.1) is 13.2 Å². The first kappa shape index (κ1) is 15.2. The summed E-state index contributed by atoms with van der Waals surface area (Å²) in [6.45, 7) is 8.90. The quantitative estimate of drug-likeness (QED) is 0.605. The number of hydrogen-bond donors (Lipinski definition) is 1. The van der Waals surface area contributed by atoms with E-state index < -0.39 is 17.7 Å². The molecular weight excluding hydrogens is 240 g/mol. The van der Waals surface area contributed by atoms with Gasteiger partial charge in [0, 0.05) is 0 Å². The molecule has 3 heteroatoms. The SMILES string of the molecule is C=CCC(O)(CC=C)C(C)OC(=O)c1ccccc1. The van der Waals surface area contributed by atoms with Crippen LogP contribution >= 0.6 is 0 Å². The van der Waals surface area contributed by atoms with Crippen LogP contribution in [0.3, 0.4) is 0 Å². The molecular formula is C16H20O3. The summed E-state index contributed by atoms with van der Waals surface area (Å²) in [5.41, 5.74) is -0.692. The van der Waals surface area contributed by atoms with Crippen LogP contribution in [-0.2, 0) is 4.74 Å². The van der Waals surface area contributed by atoms with Crippen LogP contribution in [0.25, 0.3) is 0 Å². The Bertz CT molecular complexity index is 427. The summed E-state index contributed by atoms with van der Waals surface area (Å²) in [6.07, 6.45) is 3.24. The molecule has 1 N–H and O–H groups in total. The van der Waals surface area contributed by atoms with Gasteiger partial charge in [0.1, 0.15) is 11.7 Å². The number of carbonyl (C=O) groups is 1. The number of rotatable bonds is 7. The van der Waals surface area contributed by atoms with Gasteiger partial charge < -0.3 is 9.84 Å². The van der Waals surface area contributed by atoms with E-state index in [0.29, 0.717) is 18.4 Å². The van der Waals surface area contributed by atoms with E-state index >= 15 is 0 Å². The summed E-state index contributed by atoms with van der Waals surface area (Å²) < 4.78 is 5.32. The smallest absolute Gasteiger partial charge is 0.338 e. The summed E-state index contributed by atoms with van der Waals surface area (Å²) in [6, 6.07) is 8.71. The third-order valence-corrected chi connectivity index (χ3v) is 3.05. The maximum absolute atomic E-state index is 11.9. The molecule has 0 saturated carbocycles. The molecule has 1 atom stereocenters. The minimum Gasteiger partial charge on any atom is -0.456 e. The van der Waals surface area contributed by atoms with Crippen molar-refractivity contribution in [2.75, 3.05) is 0 Å². The monoisotopic (exact) mass is 260 g/mol.